The van der Waals surface area contributed by atoms with E-state index in [2.05, 4.69) is 26.6 Å². The van der Waals surface area contributed by atoms with Crippen LogP contribution in [0.2, 0.25) is 0 Å². The fraction of sp³-hybridized carbons (Fsp3) is 0.125. The second-order valence-electron chi connectivity index (χ2n) is 4.67. The maximum Gasteiger partial charge on any atom is 0.153 e. The summed E-state index contributed by atoms with van der Waals surface area (Å²) in [7, 11) is 0. The van der Waals surface area contributed by atoms with E-state index in [1.54, 1.807) is 16.0 Å². The van der Waals surface area contributed by atoms with Crippen molar-refractivity contribution >= 4 is 21.6 Å². The van der Waals surface area contributed by atoms with E-state index < -0.39 is 0 Å². The van der Waals surface area contributed by atoms with Gasteiger partial charge in [0.1, 0.15) is 0 Å². The molecule has 0 aliphatic rings. The van der Waals surface area contributed by atoms with Gasteiger partial charge in [-0.2, -0.15) is 4.68 Å². The molecule has 0 atom stereocenters. The molecule has 0 saturated heterocycles. The summed E-state index contributed by atoms with van der Waals surface area (Å²) < 4.78 is 2.97. The number of tetrazole rings is 1. The molecule has 0 N–H and O–H groups in total. The molecule has 0 bridgehead atoms. The fourth-order valence-corrected chi connectivity index (χ4v) is 2.85. The molecule has 0 aliphatic carbocycles. The summed E-state index contributed by atoms with van der Waals surface area (Å²) in [5, 5.41) is 12.3. The first-order valence-electron chi connectivity index (χ1n) is 6.86. The van der Waals surface area contributed by atoms with Crippen molar-refractivity contribution in [2.45, 2.75) is 13.8 Å². The Bertz CT molecular complexity index is 833. The van der Waals surface area contributed by atoms with Gasteiger partial charge in [-0.3, -0.25) is 0 Å². The Morgan fingerprint density at radius 2 is 1.64 bits per heavy atom. The lowest BCUT2D eigenvalue weighted by atomic mass is 10.3. The zero-order valence-electron chi connectivity index (χ0n) is 12.3. The lowest BCUT2D eigenvalue weighted by Gasteiger charge is -1.98. The summed E-state index contributed by atoms with van der Waals surface area (Å²) in [5.41, 5.74) is 2.10. The smallest absolute Gasteiger partial charge is 0.153 e. The summed E-state index contributed by atoms with van der Waals surface area (Å²) in [5.74, 6) is 0.793. The van der Waals surface area contributed by atoms with Crippen molar-refractivity contribution in [2.75, 3.05) is 0 Å². The first-order valence-corrected chi connectivity index (χ1v) is 7.68. The van der Waals surface area contributed by atoms with Crippen LogP contribution in [0.1, 0.15) is 10.8 Å². The lowest BCUT2D eigenvalue weighted by molar-refractivity contribution is 0.779. The minimum absolute atomic E-state index is 0.793. The van der Waals surface area contributed by atoms with Crippen molar-refractivity contribution in [3.63, 3.8) is 0 Å². The maximum absolute atomic E-state index is 4.33. The van der Waals surface area contributed by atoms with E-state index in [0.29, 0.717) is 0 Å². The van der Waals surface area contributed by atoms with Crippen molar-refractivity contribution in [1.29, 1.82) is 0 Å². The van der Waals surface area contributed by atoms with Crippen molar-refractivity contribution < 1.29 is 0 Å². The average molecular weight is 309 g/mol. The minimum atomic E-state index is 0.793. The molecule has 2 aromatic heterocycles. The predicted molar refractivity (Wildman–Crippen MR) is 88.2 cm³/mol. The largest absolute Gasteiger partial charge is 0.242 e. The van der Waals surface area contributed by atoms with Crippen molar-refractivity contribution in [2.24, 2.45) is 0 Å². The number of fused-ring (bicyclic) bond motifs is 1. The summed E-state index contributed by atoms with van der Waals surface area (Å²) in [6.45, 7) is 3.90. The molecule has 0 saturated carbocycles. The number of hydrogen-bond acceptors (Lipinski definition) is 5. The summed E-state index contributed by atoms with van der Waals surface area (Å²) >= 11 is 1.74. The predicted octanol–water partition coefficient (Wildman–Crippen LogP) is 3.58. The number of rotatable bonds is 1. The second-order valence-corrected chi connectivity index (χ2v) is 5.91. The van der Waals surface area contributed by atoms with Gasteiger partial charge in [-0.05, 0) is 48.5 Å². The average Bonchev–Trinajstić information content (AvgIpc) is 3.13. The van der Waals surface area contributed by atoms with E-state index in [1.807, 2.05) is 62.4 Å². The zero-order chi connectivity index (χ0) is 15.4. The summed E-state index contributed by atoms with van der Waals surface area (Å²) in [6.07, 6.45) is 0. The van der Waals surface area contributed by atoms with Gasteiger partial charge < -0.3 is 0 Å². The monoisotopic (exact) mass is 309 g/mol. The Labute approximate surface area is 132 Å². The van der Waals surface area contributed by atoms with Gasteiger partial charge >= 0.3 is 0 Å². The summed E-state index contributed by atoms with van der Waals surface area (Å²) in [4.78, 5) is 4.33. The van der Waals surface area contributed by atoms with Crippen LogP contribution >= 0.6 is 11.3 Å². The van der Waals surface area contributed by atoms with Gasteiger partial charge in [-0.1, -0.05) is 30.3 Å². The quantitative estimate of drug-likeness (QED) is 0.539. The van der Waals surface area contributed by atoms with Crippen LogP contribution in [0.5, 0.6) is 0 Å². The number of aromatic nitrogens is 5. The highest BCUT2D eigenvalue weighted by molar-refractivity contribution is 7.18. The van der Waals surface area contributed by atoms with Crippen LogP contribution in [0.3, 0.4) is 0 Å². The molecule has 4 aromatic rings. The van der Waals surface area contributed by atoms with Gasteiger partial charge in [0.05, 0.1) is 20.9 Å². The topological polar surface area (TPSA) is 56.5 Å². The van der Waals surface area contributed by atoms with Crippen LogP contribution in [0.25, 0.3) is 15.9 Å². The second kappa shape index (κ2) is 6.44. The molecule has 0 fully saturated rings. The van der Waals surface area contributed by atoms with Crippen LogP contribution in [0.4, 0.5) is 0 Å². The summed E-state index contributed by atoms with van der Waals surface area (Å²) in [6, 6.07) is 18.0. The lowest BCUT2D eigenvalue weighted by Crippen LogP contribution is -1.98. The molecular weight excluding hydrogens is 294 g/mol. The van der Waals surface area contributed by atoms with Gasteiger partial charge in [0.2, 0.25) is 0 Å². The van der Waals surface area contributed by atoms with E-state index in [1.165, 1.54) is 4.70 Å². The van der Waals surface area contributed by atoms with Gasteiger partial charge in [0.15, 0.2) is 5.82 Å². The normalized spacial score (nSPS) is 10.3. The first-order chi connectivity index (χ1) is 10.7. The van der Waals surface area contributed by atoms with Crippen LogP contribution in [0, 0.1) is 13.8 Å². The fourth-order valence-electron chi connectivity index (χ4n) is 2.03. The minimum Gasteiger partial charge on any atom is -0.242 e. The standard InChI is InChI=1S/C8H8N4.C8H7NS/c1-7-9-10-11-12(7)8-5-3-2-4-6-8;1-6-9-7-4-2-3-5-8(7)10-6/h2-6H,1H3;2-5H,1H3. The molecule has 0 unspecified atom stereocenters. The number of aryl methyl sites for hydroxylation is 2. The number of benzene rings is 2. The Kier molecular flexibility index (Phi) is 4.20. The molecule has 5 nitrogen and oxygen atoms in total. The molecule has 2 aromatic carbocycles. The van der Waals surface area contributed by atoms with Crippen LogP contribution in [-0.4, -0.2) is 25.2 Å². The SMILES string of the molecule is Cc1nc2ccccc2s1.Cc1nnnn1-c1ccccc1. The third-order valence-electron chi connectivity index (χ3n) is 3.03. The van der Waals surface area contributed by atoms with E-state index >= 15 is 0 Å². The van der Waals surface area contributed by atoms with Crippen molar-refractivity contribution in [3.8, 4) is 5.69 Å². The van der Waals surface area contributed by atoms with E-state index in [-0.39, 0.29) is 0 Å². The highest BCUT2D eigenvalue weighted by atomic mass is 32.1. The molecule has 0 amide bonds. The number of nitrogens with zero attached hydrogens (tertiary/aromatic N) is 5. The third-order valence-corrected chi connectivity index (χ3v) is 3.98. The maximum atomic E-state index is 4.33. The third kappa shape index (κ3) is 3.17. The van der Waals surface area contributed by atoms with Crippen LogP contribution in [-0.2, 0) is 0 Å². The van der Waals surface area contributed by atoms with Crippen LogP contribution in [0.15, 0.2) is 54.6 Å². The van der Waals surface area contributed by atoms with Crippen molar-refractivity contribution in [1.82, 2.24) is 25.2 Å². The Hall–Kier alpha value is -2.60. The highest BCUT2D eigenvalue weighted by Gasteiger charge is 2.00. The highest BCUT2D eigenvalue weighted by Crippen LogP contribution is 2.19. The van der Waals surface area contributed by atoms with E-state index in [0.717, 1.165) is 22.0 Å². The molecule has 22 heavy (non-hydrogen) atoms. The molecule has 0 spiro atoms. The molecule has 0 aliphatic heterocycles. The zero-order valence-corrected chi connectivity index (χ0v) is 13.2. The number of para-hydroxylation sites is 2. The molecule has 4 rings (SSSR count). The van der Waals surface area contributed by atoms with E-state index in [4.69, 9.17) is 0 Å². The molecule has 6 heteroatoms. The van der Waals surface area contributed by atoms with Crippen LogP contribution < -0.4 is 0 Å². The molecule has 110 valence electrons. The van der Waals surface area contributed by atoms with Crippen molar-refractivity contribution in [3.05, 3.63) is 65.4 Å². The molecular formula is C16H15N5S. The Morgan fingerprint density at radius 3 is 2.32 bits per heavy atom. The Morgan fingerprint density at radius 1 is 0.909 bits per heavy atom. The number of thiazole rings is 1. The molecule has 2 heterocycles. The first kappa shape index (κ1) is 14.3. The van der Waals surface area contributed by atoms with Gasteiger partial charge in [-0.25, -0.2) is 4.98 Å². The molecule has 0 radical (unpaired) electrons. The van der Waals surface area contributed by atoms with Gasteiger partial charge in [-0.15, -0.1) is 16.4 Å². The van der Waals surface area contributed by atoms with Gasteiger partial charge in [0, 0.05) is 0 Å². The Balaban J connectivity index is 0.000000133. The number of hydrogen-bond donors (Lipinski definition) is 0. The van der Waals surface area contributed by atoms with E-state index in [9.17, 15) is 0 Å². The van der Waals surface area contributed by atoms with Gasteiger partial charge in [0.25, 0.3) is 0 Å².